The van der Waals surface area contributed by atoms with Gasteiger partial charge in [-0.2, -0.15) is 0 Å². The molecule has 0 saturated carbocycles. The Bertz CT molecular complexity index is 931. The van der Waals surface area contributed by atoms with E-state index < -0.39 is 0 Å². The number of nitrogens with zero attached hydrogens (tertiary/aromatic N) is 1. The van der Waals surface area contributed by atoms with E-state index in [1.807, 2.05) is 30.3 Å². The lowest BCUT2D eigenvalue weighted by Crippen LogP contribution is -2.44. The van der Waals surface area contributed by atoms with Crippen LogP contribution in [0, 0.1) is 0 Å². The number of benzene rings is 2. The molecule has 1 saturated heterocycles. The number of likely N-dealkylation sites (N-methyl/N-ethyl adjacent to an activating group) is 1. The van der Waals surface area contributed by atoms with Crippen molar-refractivity contribution in [1.29, 1.82) is 0 Å². The topological polar surface area (TPSA) is 35.5 Å². The first-order chi connectivity index (χ1) is 15.0. The number of esters is 1. The molecule has 31 heavy (non-hydrogen) atoms. The third-order valence-corrected chi connectivity index (χ3v) is 6.93. The maximum absolute atomic E-state index is 12.3. The minimum atomic E-state index is -0.0740. The fourth-order valence-electron chi connectivity index (χ4n) is 5.09. The fraction of sp³-hybridized carbons (Fsp3) is 0.500. The number of fused-ring (bicyclic) bond motifs is 5. The van der Waals surface area contributed by atoms with Gasteiger partial charge in [0.25, 0.3) is 0 Å². The predicted octanol–water partition coefficient (Wildman–Crippen LogP) is 6.63. The molecular formula is C26H33ClNO3+. The van der Waals surface area contributed by atoms with Crippen LogP contribution >= 0.6 is 11.6 Å². The first-order valence-electron chi connectivity index (χ1n) is 11.5. The van der Waals surface area contributed by atoms with Gasteiger partial charge in [0, 0.05) is 34.4 Å². The number of carbonyl (C=O) groups excluding carboxylic acids is 1. The lowest BCUT2D eigenvalue weighted by molar-refractivity contribution is -0.915. The second-order valence-electron chi connectivity index (χ2n) is 9.33. The Balaban J connectivity index is 1.47. The van der Waals surface area contributed by atoms with Crippen LogP contribution in [0.3, 0.4) is 0 Å². The zero-order valence-electron chi connectivity index (χ0n) is 18.6. The van der Waals surface area contributed by atoms with E-state index in [4.69, 9.17) is 21.1 Å². The molecule has 2 aliphatic heterocycles. The van der Waals surface area contributed by atoms with Gasteiger partial charge in [-0.15, -0.1) is 0 Å². The number of carbonyl (C=O) groups is 1. The van der Waals surface area contributed by atoms with Crippen LogP contribution in [0.2, 0.25) is 5.02 Å². The maximum Gasteiger partial charge on any atom is 0.310 e. The van der Waals surface area contributed by atoms with Crippen molar-refractivity contribution in [2.24, 2.45) is 0 Å². The maximum atomic E-state index is 12.3. The lowest BCUT2D eigenvalue weighted by atomic mass is 9.84. The first kappa shape index (κ1) is 22.2. The normalized spacial score (nSPS) is 23.8. The first-order valence-corrected chi connectivity index (χ1v) is 11.9. The van der Waals surface area contributed by atoms with E-state index in [1.54, 1.807) is 0 Å². The Kier molecular flexibility index (Phi) is 6.88. The molecule has 2 aromatic rings. The molecule has 166 valence electrons. The van der Waals surface area contributed by atoms with E-state index in [-0.39, 0.29) is 11.9 Å². The van der Waals surface area contributed by atoms with Crippen LogP contribution < -0.4 is 4.74 Å². The lowest BCUT2D eigenvalue weighted by Gasteiger charge is -2.29. The summed E-state index contributed by atoms with van der Waals surface area (Å²) in [6.07, 6.45) is 6.20. The van der Waals surface area contributed by atoms with Crippen molar-refractivity contribution in [3.63, 3.8) is 0 Å². The van der Waals surface area contributed by atoms with Crippen molar-refractivity contribution in [2.45, 2.75) is 57.3 Å². The van der Waals surface area contributed by atoms with Gasteiger partial charge in [-0.3, -0.25) is 9.28 Å². The van der Waals surface area contributed by atoms with E-state index in [0.717, 1.165) is 48.0 Å². The highest BCUT2D eigenvalue weighted by molar-refractivity contribution is 6.30. The van der Waals surface area contributed by atoms with Gasteiger partial charge in [-0.1, -0.05) is 62.4 Å². The molecule has 1 fully saturated rings. The van der Waals surface area contributed by atoms with Crippen molar-refractivity contribution in [3.8, 4) is 11.5 Å². The summed E-state index contributed by atoms with van der Waals surface area (Å²) >= 11 is 6.36. The highest BCUT2D eigenvalue weighted by Gasteiger charge is 2.48. The predicted molar refractivity (Wildman–Crippen MR) is 124 cm³/mol. The molecule has 0 N–H and O–H groups in total. The highest BCUT2D eigenvalue weighted by atomic mass is 35.5. The number of quaternary nitrogens is 1. The van der Waals surface area contributed by atoms with Crippen molar-refractivity contribution in [1.82, 2.24) is 0 Å². The van der Waals surface area contributed by atoms with Crippen molar-refractivity contribution >= 4 is 17.6 Å². The van der Waals surface area contributed by atoms with Crippen LogP contribution in [0.5, 0.6) is 11.5 Å². The number of halogens is 1. The van der Waals surface area contributed by atoms with Crippen LogP contribution in [0.15, 0.2) is 42.5 Å². The molecule has 2 heterocycles. The van der Waals surface area contributed by atoms with Gasteiger partial charge >= 0.3 is 5.97 Å². The third kappa shape index (κ3) is 5.07. The number of unbranched alkanes of at least 4 members (excludes halogenated alkanes) is 4. The molecule has 0 radical (unpaired) electrons. The molecule has 0 bridgehead atoms. The molecule has 2 aliphatic rings. The zero-order valence-corrected chi connectivity index (χ0v) is 19.4. The Hall–Kier alpha value is -2.04. The minimum Gasteiger partial charge on any atom is -0.457 e. The van der Waals surface area contributed by atoms with Crippen LogP contribution in [0.1, 0.15) is 68.4 Å². The van der Waals surface area contributed by atoms with Crippen LogP contribution in [0.4, 0.5) is 0 Å². The van der Waals surface area contributed by atoms with Crippen molar-refractivity contribution in [3.05, 3.63) is 58.6 Å². The number of hydrogen-bond acceptors (Lipinski definition) is 3. The van der Waals surface area contributed by atoms with E-state index in [2.05, 4.69) is 26.1 Å². The number of para-hydroxylation sites is 1. The molecule has 0 spiro atoms. The van der Waals surface area contributed by atoms with Gasteiger partial charge in [-0.05, 0) is 30.7 Å². The van der Waals surface area contributed by atoms with Gasteiger partial charge in [0.1, 0.15) is 11.5 Å². The van der Waals surface area contributed by atoms with Gasteiger partial charge in [0.15, 0.2) is 0 Å². The summed E-state index contributed by atoms with van der Waals surface area (Å²) in [6, 6.07) is 14.2. The fourth-order valence-corrected chi connectivity index (χ4v) is 5.27. The molecule has 0 amide bonds. The Labute approximate surface area is 190 Å². The average molecular weight is 443 g/mol. The molecule has 3 atom stereocenters. The number of rotatable bonds is 8. The summed E-state index contributed by atoms with van der Waals surface area (Å²) in [4.78, 5) is 12.3. The van der Waals surface area contributed by atoms with E-state index in [0.29, 0.717) is 23.6 Å². The molecule has 1 unspecified atom stereocenters. The van der Waals surface area contributed by atoms with Gasteiger partial charge in [0.2, 0.25) is 6.73 Å². The third-order valence-electron chi connectivity index (χ3n) is 6.69. The van der Waals surface area contributed by atoms with Gasteiger partial charge in [-0.25, -0.2) is 0 Å². The zero-order chi connectivity index (χ0) is 21.8. The molecule has 5 heteroatoms. The number of hydrogen-bond donors (Lipinski definition) is 0. The molecule has 0 aliphatic carbocycles. The van der Waals surface area contributed by atoms with Crippen LogP contribution in [-0.4, -0.2) is 37.3 Å². The Morgan fingerprint density at radius 1 is 1.03 bits per heavy atom. The minimum absolute atomic E-state index is 0.0740. The Morgan fingerprint density at radius 3 is 2.55 bits per heavy atom. The Morgan fingerprint density at radius 2 is 1.74 bits per heavy atom. The summed E-state index contributed by atoms with van der Waals surface area (Å²) < 4.78 is 12.7. The SMILES string of the molecule is CCCCCCCC(=O)OC[N+]1(C)C[C@H]2c3ccccc3Oc3ccc(Cl)cc3[C@@H]2C1. The van der Waals surface area contributed by atoms with Crippen LogP contribution in [0.25, 0.3) is 0 Å². The molecule has 4 rings (SSSR count). The molecule has 2 aromatic carbocycles. The van der Waals surface area contributed by atoms with Crippen LogP contribution in [-0.2, 0) is 9.53 Å². The second-order valence-corrected chi connectivity index (χ2v) is 9.77. The number of ether oxygens (including phenoxy) is 2. The van der Waals surface area contributed by atoms with Crippen molar-refractivity contribution in [2.75, 3.05) is 26.9 Å². The molecule has 0 aromatic heterocycles. The number of likely N-dealkylation sites (tertiary alicyclic amines) is 1. The summed E-state index contributed by atoms with van der Waals surface area (Å²) in [5.41, 5.74) is 2.38. The van der Waals surface area contributed by atoms with Gasteiger partial charge < -0.3 is 9.47 Å². The van der Waals surface area contributed by atoms with Crippen molar-refractivity contribution < 1.29 is 18.8 Å². The summed E-state index contributed by atoms with van der Waals surface area (Å²) in [6.45, 7) is 4.41. The van der Waals surface area contributed by atoms with Gasteiger partial charge in [0.05, 0.1) is 20.1 Å². The quantitative estimate of drug-likeness (QED) is 0.261. The van der Waals surface area contributed by atoms with E-state index in [9.17, 15) is 4.79 Å². The molecule has 4 nitrogen and oxygen atoms in total. The average Bonchev–Trinajstić information content (AvgIpc) is 3.06. The standard InChI is InChI=1S/C26H33ClNO3/c1-3-4-5-6-7-12-26(29)30-18-28(2)16-22-20-10-8-9-11-24(20)31-25-14-13-19(27)15-21(25)23(22)17-28/h8-11,13-15,22-23H,3-7,12,16-18H2,1-2H3/q+1/t22-,23-,28?/m0/s1. The summed E-state index contributed by atoms with van der Waals surface area (Å²) in [7, 11) is 2.19. The molecular weight excluding hydrogens is 410 g/mol. The monoisotopic (exact) mass is 442 g/mol. The largest absolute Gasteiger partial charge is 0.457 e. The smallest absolute Gasteiger partial charge is 0.310 e. The highest BCUT2D eigenvalue weighted by Crippen LogP contribution is 2.51. The summed E-state index contributed by atoms with van der Waals surface area (Å²) in [5, 5.41) is 0.725. The van der Waals surface area contributed by atoms with E-state index in [1.165, 1.54) is 24.8 Å². The summed E-state index contributed by atoms with van der Waals surface area (Å²) in [5.74, 6) is 2.29. The second kappa shape index (κ2) is 9.62. The van der Waals surface area contributed by atoms with E-state index >= 15 is 0 Å².